The van der Waals surface area contributed by atoms with Gasteiger partial charge < -0.3 is 10.1 Å². The molecule has 0 radical (unpaired) electrons. The van der Waals surface area contributed by atoms with Crippen molar-refractivity contribution in [1.82, 2.24) is 9.88 Å². The van der Waals surface area contributed by atoms with Crippen LogP contribution in [0.25, 0.3) is 0 Å². The van der Waals surface area contributed by atoms with Crippen LogP contribution in [0.3, 0.4) is 0 Å². The van der Waals surface area contributed by atoms with Gasteiger partial charge in [0.2, 0.25) is 0 Å². The number of carbonyl (C=O) groups excluding carboxylic acids is 1. The summed E-state index contributed by atoms with van der Waals surface area (Å²) < 4.78 is 4.85. The largest absolute Gasteiger partial charge is 0.468 e. The van der Waals surface area contributed by atoms with Gasteiger partial charge in [-0.25, -0.2) is 4.98 Å². The van der Waals surface area contributed by atoms with Crippen LogP contribution in [0.2, 0.25) is 0 Å². The highest BCUT2D eigenvalue weighted by molar-refractivity contribution is 5.76. The normalized spacial score (nSPS) is 19.8. The van der Waals surface area contributed by atoms with E-state index in [4.69, 9.17) is 4.74 Å². The molecule has 18 heavy (non-hydrogen) atoms. The molecule has 1 aliphatic heterocycles. The van der Waals surface area contributed by atoms with Crippen LogP contribution < -0.4 is 5.32 Å². The van der Waals surface area contributed by atoms with E-state index in [0.29, 0.717) is 0 Å². The Morgan fingerprint density at radius 2 is 2.50 bits per heavy atom. The number of carbonyl (C=O) groups is 1. The van der Waals surface area contributed by atoms with Crippen LogP contribution in [-0.4, -0.2) is 42.6 Å². The molecular formula is C13H19N3O2. The summed E-state index contributed by atoms with van der Waals surface area (Å²) in [7, 11) is 3.30. The molecular weight excluding hydrogens is 230 g/mol. The number of aromatic nitrogens is 1. The highest BCUT2D eigenvalue weighted by Crippen LogP contribution is 2.23. The molecule has 1 aromatic heterocycles. The van der Waals surface area contributed by atoms with E-state index >= 15 is 0 Å². The third-order valence-electron chi connectivity index (χ3n) is 3.34. The Morgan fingerprint density at radius 1 is 1.67 bits per heavy atom. The summed E-state index contributed by atoms with van der Waals surface area (Å²) in [5.74, 6) is 0.732. The first kappa shape index (κ1) is 12.8. The second-order valence-electron chi connectivity index (χ2n) is 4.41. The van der Waals surface area contributed by atoms with Crippen molar-refractivity contribution in [3.8, 4) is 0 Å². The maximum absolute atomic E-state index is 11.7. The molecule has 0 amide bonds. The lowest BCUT2D eigenvalue weighted by Crippen LogP contribution is -2.36. The number of anilines is 1. The van der Waals surface area contributed by atoms with Gasteiger partial charge in [-0.3, -0.25) is 9.69 Å². The molecule has 0 spiro atoms. The molecule has 0 aliphatic carbocycles. The quantitative estimate of drug-likeness (QED) is 0.814. The second kappa shape index (κ2) is 5.82. The van der Waals surface area contributed by atoms with Crippen molar-refractivity contribution in [3.05, 3.63) is 23.9 Å². The summed E-state index contributed by atoms with van der Waals surface area (Å²) >= 11 is 0. The maximum Gasteiger partial charge on any atom is 0.323 e. The molecule has 1 saturated heterocycles. The molecule has 0 aromatic carbocycles. The molecule has 1 N–H and O–H groups in total. The van der Waals surface area contributed by atoms with Crippen molar-refractivity contribution in [1.29, 1.82) is 0 Å². The number of hydrogen-bond donors (Lipinski definition) is 1. The van der Waals surface area contributed by atoms with Crippen LogP contribution in [0.5, 0.6) is 0 Å². The summed E-state index contributed by atoms with van der Waals surface area (Å²) in [5, 5.41) is 3.07. The predicted octanol–water partition coefficient (Wildman–Crippen LogP) is 1.26. The lowest BCUT2D eigenvalue weighted by molar-refractivity contribution is -0.146. The van der Waals surface area contributed by atoms with E-state index in [-0.39, 0.29) is 12.0 Å². The van der Waals surface area contributed by atoms with Crippen LogP contribution in [0.15, 0.2) is 18.3 Å². The van der Waals surface area contributed by atoms with Crippen molar-refractivity contribution in [2.45, 2.75) is 25.4 Å². The minimum Gasteiger partial charge on any atom is -0.468 e. The van der Waals surface area contributed by atoms with Crippen molar-refractivity contribution in [2.75, 3.05) is 26.0 Å². The van der Waals surface area contributed by atoms with E-state index in [2.05, 4.69) is 15.2 Å². The molecule has 1 atom stereocenters. The first-order chi connectivity index (χ1) is 8.76. The Morgan fingerprint density at radius 3 is 3.22 bits per heavy atom. The Labute approximate surface area is 107 Å². The van der Waals surface area contributed by atoms with Gasteiger partial charge in [0.1, 0.15) is 11.9 Å². The van der Waals surface area contributed by atoms with Crippen molar-refractivity contribution < 1.29 is 9.53 Å². The molecule has 1 aliphatic rings. The lowest BCUT2D eigenvalue weighted by Gasteiger charge is -2.23. The van der Waals surface area contributed by atoms with Gasteiger partial charge >= 0.3 is 5.97 Å². The van der Waals surface area contributed by atoms with E-state index in [1.807, 2.05) is 19.2 Å². The summed E-state index contributed by atoms with van der Waals surface area (Å²) in [4.78, 5) is 18.1. The number of methoxy groups -OCH3 is 1. The van der Waals surface area contributed by atoms with Crippen molar-refractivity contribution in [3.63, 3.8) is 0 Å². The monoisotopic (exact) mass is 249 g/mol. The number of nitrogens with zero attached hydrogens (tertiary/aromatic N) is 2. The number of ether oxygens (including phenoxy) is 1. The molecule has 0 bridgehead atoms. The van der Waals surface area contributed by atoms with Gasteiger partial charge in [-0.15, -0.1) is 0 Å². The number of likely N-dealkylation sites (tertiary alicyclic amines) is 1. The maximum atomic E-state index is 11.7. The van der Waals surface area contributed by atoms with Gasteiger partial charge in [0.05, 0.1) is 7.11 Å². The molecule has 1 fully saturated rings. The van der Waals surface area contributed by atoms with E-state index in [0.717, 1.165) is 37.3 Å². The number of rotatable bonds is 4. The zero-order chi connectivity index (χ0) is 13.0. The third kappa shape index (κ3) is 2.61. The molecule has 5 nitrogen and oxygen atoms in total. The van der Waals surface area contributed by atoms with Crippen molar-refractivity contribution >= 4 is 11.8 Å². The average Bonchev–Trinajstić information content (AvgIpc) is 2.86. The third-order valence-corrected chi connectivity index (χ3v) is 3.34. The Kier molecular flexibility index (Phi) is 4.15. The van der Waals surface area contributed by atoms with Crippen molar-refractivity contribution in [2.24, 2.45) is 0 Å². The zero-order valence-electron chi connectivity index (χ0n) is 10.8. The topological polar surface area (TPSA) is 54.5 Å². The molecule has 0 saturated carbocycles. The van der Waals surface area contributed by atoms with Crippen LogP contribution in [0.4, 0.5) is 5.82 Å². The summed E-state index contributed by atoms with van der Waals surface area (Å²) in [6.45, 7) is 1.65. The molecule has 1 aromatic rings. The summed E-state index contributed by atoms with van der Waals surface area (Å²) in [6, 6.07) is 3.84. The van der Waals surface area contributed by atoms with Crippen LogP contribution in [-0.2, 0) is 16.1 Å². The van der Waals surface area contributed by atoms with E-state index < -0.39 is 0 Å². The Hall–Kier alpha value is -1.62. The van der Waals surface area contributed by atoms with Gasteiger partial charge in [0.25, 0.3) is 0 Å². The zero-order valence-corrected chi connectivity index (χ0v) is 10.8. The minimum absolute atomic E-state index is 0.111. The molecule has 1 unspecified atom stereocenters. The fraction of sp³-hybridized carbons (Fsp3) is 0.538. The molecule has 2 heterocycles. The molecule has 98 valence electrons. The Bertz CT molecular complexity index is 422. The number of hydrogen-bond acceptors (Lipinski definition) is 5. The smallest absolute Gasteiger partial charge is 0.323 e. The first-order valence-corrected chi connectivity index (χ1v) is 6.19. The van der Waals surface area contributed by atoms with E-state index in [1.165, 1.54) is 7.11 Å². The highest BCUT2D eigenvalue weighted by Gasteiger charge is 2.31. The van der Waals surface area contributed by atoms with E-state index in [1.54, 1.807) is 6.20 Å². The van der Waals surface area contributed by atoms with Gasteiger partial charge in [-0.05, 0) is 25.5 Å². The lowest BCUT2D eigenvalue weighted by atomic mass is 10.2. The van der Waals surface area contributed by atoms with Crippen LogP contribution >= 0.6 is 0 Å². The number of nitrogens with one attached hydrogen (secondary N) is 1. The van der Waals surface area contributed by atoms with Gasteiger partial charge in [0.15, 0.2) is 0 Å². The average molecular weight is 249 g/mol. The summed E-state index contributed by atoms with van der Waals surface area (Å²) in [6.07, 6.45) is 3.67. The van der Waals surface area contributed by atoms with Gasteiger partial charge in [0, 0.05) is 25.4 Å². The van der Waals surface area contributed by atoms with Crippen LogP contribution in [0, 0.1) is 0 Å². The second-order valence-corrected chi connectivity index (χ2v) is 4.41. The fourth-order valence-electron chi connectivity index (χ4n) is 2.43. The number of esters is 1. The highest BCUT2D eigenvalue weighted by atomic mass is 16.5. The van der Waals surface area contributed by atoms with Gasteiger partial charge in [-0.1, -0.05) is 6.07 Å². The Balaban J connectivity index is 2.10. The molecule has 5 heteroatoms. The SMILES string of the molecule is CNc1ncccc1CN1CCCC1C(=O)OC. The number of pyridine rings is 1. The van der Waals surface area contributed by atoms with E-state index in [9.17, 15) is 4.79 Å². The predicted molar refractivity (Wildman–Crippen MR) is 69.2 cm³/mol. The fourth-order valence-corrected chi connectivity index (χ4v) is 2.43. The molecule has 2 rings (SSSR count). The minimum atomic E-state index is -0.137. The first-order valence-electron chi connectivity index (χ1n) is 6.19. The standard InChI is InChI=1S/C13H19N3O2/c1-14-12-10(5-3-7-15-12)9-16-8-4-6-11(16)13(17)18-2/h3,5,7,11H,4,6,8-9H2,1-2H3,(H,14,15). The van der Waals surface area contributed by atoms with Gasteiger partial charge in [-0.2, -0.15) is 0 Å². The summed E-state index contributed by atoms with van der Waals surface area (Å²) in [5.41, 5.74) is 1.11. The van der Waals surface area contributed by atoms with Crippen LogP contribution in [0.1, 0.15) is 18.4 Å².